The molecule has 0 spiro atoms. The van der Waals surface area contributed by atoms with Gasteiger partial charge in [0.15, 0.2) is 0 Å². The highest BCUT2D eigenvalue weighted by molar-refractivity contribution is 5.67. The summed E-state index contributed by atoms with van der Waals surface area (Å²) in [5.74, 6) is 0.699. The lowest BCUT2D eigenvalue weighted by molar-refractivity contribution is 0.0717. The van der Waals surface area contributed by atoms with E-state index < -0.39 is 0 Å². The third-order valence-electron chi connectivity index (χ3n) is 2.54. The quantitative estimate of drug-likeness (QED) is 0.675. The van der Waals surface area contributed by atoms with Gasteiger partial charge in [0.1, 0.15) is 0 Å². The zero-order valence-corrected chi connectivity index (χ0v) is 8.91. The van der Waals surface area contributed by atoms with E-state index >= 15 is 0 Å². The Morgan fingerprint density at radius 1 is 1.38 bits per heavy atom. The van der Waals surface area contributed by atoms with Crippen LogP contribution >= 0.6 is 0 Å². The fourth-order valence-electron chi connectivity index (χ4n) is 1.35. The topological polar surface area (TPSA) is 29.5 Å². The molecular formula is C10H19NO2. The molecule has 1 atom stereocenters. The van der Waals surface area contributed by atoms with E-state index in [1.807, 2.05) is 20.9 Å². The molecule has 0 unspecified atom stereocenters. The Balaban J connectivity index is 2.36. The maximum atomic E-state index is 11.4. The van der Waals surface area contributed by atoms with Gasteiger partial charge in [-0.25, -0.2) is 4.79 Å². The number of hydrogen-bond donors (Lipinski definition) is 0. The molecule has 3 nitrogen and oxygen atoms in total. The van der Waals surface area contributed by atoms with E-state index in [2.05, 4.69) is 6.92 Å². The maximum absolute atomic E-state index is 11.4. The van der Waals surface area contributed by atoms with Gasteiger partial charge in [-0.3, -0.25) is 0 Å². The fourth-order valence-corrected chi connectivity index (χ4v) is 1.35. The van der Waals surface area contributed by atoms with E-state index in [0.29, 0.717) is 12.0 Å². The molecule has 0 heterocycles. The summed E-state index contributed by atoms with van der Waals surface area (Å²) in [7, 11) is 1.81. The Labute approximate surface area is 80.1 Å². The number of amides is 1. The molecule has 0 aliphatic heterocycles. The van der Waals surface area contributed by atoms with E-state index in [1.54, 1.807) is 4.90 Å². The number of rotatable bonds is 3. The van der Waals surface area contributed by atoms with Gasteiger partial charge in [0, 0.05) is 13.1 Å². The van der Waals surface area contributed by atoms with Gasteiger partial charge in [-0.2, -0.15) is 0 Å². The molecule has 0 aromatic rings. The second-order valence-electron chi connectivity index (χ2n) is 4.12. The van der Waals surface area contributed by atoms with Crippen LogP contribution < -0.4 is 0 Å². The normalized spacial score (nSPS) is 18.5. The molecule has 76 valence electrons. The average Bonchev–Trinajstić information content (AvgIpc) is 2.82. The predicted octanol–water partition coefficient (Wildman–Crippen LogP) is 2.26. The van der Waals surface area contributed by atoms with Gasteiger partial charge in [0.2, 0.25) is 0 Å². The first-order valence-electron chi connectivity index (χ1n) is 4.95. The zero-order valence-electron chi connectivity index (χ0n) is 8.91. The van der Waals surface area contributed by atoms with Gasteiger partial charge < -0.3 is 9.64 Å². The number of hydrogen-bond acceptors (Lipinski definition) is 2. The first-order valence-corrected chi connectivity index (χ1v) is 4.95. The Bertz CT molecular complexity index is 187. The van der Waals surface area contributed by atoms with Crippen LogP contribution in [0, 0.1) is 5.92 Å². The molecule has 0 radical (unpaired) electrons. The first-order chi connectivity index (χ1) is 6.02. The Kier molecular flexibility index (Phi) is 3.17. The molecule has 1 saturated carbocycles. The summed E-state index contributed by atoms with van der Waals surface area (Å²) in [5, 5.41) is 0. The molecule has 13 heavy (non-hydrogen) atoms. The van der Waals surface area contributed by atoms with Crippen LogP contribution in [0.4, 0.5) is 4.79 Å². The highest BCUT2D eigenvalue weighted by Crippen LogP contribution is 2.34. The molecule has 0 aromatic heterocycles. The number of carbonyl (C=O) groups is 1. The molecule has 1 aliphatic carbocycles. The Morgan fingerprint density at radius 2 is 1.92 bits per heavy atom. The summed E-state index contributed by atoms with van der Waals surface area (Å²) < 4.78 is 5.10. The number of nitrogens with zero attached hydrogens (tertiary/aromatic N) is 1. The summed E-state index contributed by atoms with van der Waals surface area (Å²) in [6.07, 6.45) is 2.27. The monoisotopic (exact) mass is 185 g/mol. The predicted molar refractivity (Wildman–Crippen MR) is 51.6 cm³/mol. The number of ether oxygens (including phenoxy) is 1. The first kappa shape index (κ1) is 10.4. The van der Waals surface area contributed by atoms with Crippen molar-refractivity contribution in [1.29, 1.82) is 0 Å². The molecule has 3 heteroatoms. The standard InChI is InChI=1S/C10H19NO2/c1-7(2)13-10(12)11(4)8(3)9-5-6-9/h7-9H,5-6H2,1-4H3/t8-/m1/s1. The maximum Gasteiger partial charge on any atom is 0.410 e. The third-order valence-corrected chi connectivity index (χ3v) is 2.54. The lowest BCUT2D eigenvalue weighted by atomic mass is 10.2. The summed E-state index contributed by atoms with van der Waals surface area (Å²) in [6.45, 7) is 5.82. The molecule has 0 bridgehead atoms. The molecule has 1 rings (SSSR count). The van der Waals surface area contributed by atoms with Gasteiger partial charge in [-0.05, 0) is 39.5 Å². The molecule has 0 N–H and O–H groups in total. The van der Waals surface area contributed by atoms with E-state index in [1.165, 1.54) is 12.8 Å². The second kappa shape index (κ2) is 3.99. The smallest absolute Gasteiger partial charge is 0.410 e. The molecule has 1 fully saturated rings. The van der Waals surface area contributed by atoms with E-state index in [4.69, 9.17) is 4.74 Å². The fraction of sp³-hybridized carbons (Fsp3) is 0.900. The van der Waals surface area contributed by atoms with Crippen LogP contribution in [0.5, 0.6) is 0 Å². The molecule has 0 saturated heterocycles. The lowest BCUT2D eigenvalue weighted by Gasteiger charge is -2.25. The molecular weight excluding hydrogens is 166 g/mol. The summed E-state index contributed by atoms with van der Waals surface area (Å²) >= 11 is 0. The van der Waals surface area contributed by atoms with Crippen LogP contribution in [-0.4, -0.2) is 30.2 Å². The summed E-state index contributed by atoms with van der Waals surface area (Å²) in [4.78, 5) is 13.1. The van der Waals surface area contributed by atoms with Crippen molar-refractivity contribution in [3.8, 4) is 0 Å². The average molecular weight is 185 g/mol. The highest BCUT2D eigenvalue weighted by Gasteiger charge is 2.33. The Hall–Kier alpha value is -0.730. The summed E-state index contributed by atoms with van der Waals surface area (Å²) in [6, 6.07) is 0.325. The van der Waals surface area contributed by atoms with Crippen molar-refractivity contribution in [1.82, 2.24) is 4.90 Å². The van der Waals surface area contributed by atoms with Crippen molar-refractivity contribution < 1.29 is 9.53 Å². The molecule has 0 aromatic carbocycles. The van der Waals surface area contributed by atoms with Gasteiger partial charge in [0.05, 0.1) is 6.10 Å². The van der Waals surface area contributed by atoms with E-state index in [-0.39, 0.29) is 12.2 Å². The second-order valence-corrected chi connectivity index (χ2v) is 4.12. The van der Waals surface area contributed by atoms with Crippen LogP contribution in [0.15, 0.2) is 0 Å². The largest absolute Gasteiger partial charge is 0.447 e. The minimum absolute atomic E-state index is 0.0265. The van der Waals surface area contributed by atoms with Crippen LogP contribution in [0.3, 0.4) is 0 Å². The third kappa shape index (κ3) is 2.90. The van der Waals surface area contributed by atoms with E-state index in [9.17, 15) is 4.79 Å². The zero-order chi connectivity index (χ0) is 10.0. The van der Waals surface area contributed by atoms with Crippen molar-refractivity contribution in [3.05, 3.63) is 0 Å². The molecule has 1 aliphatic rings. The van der Waals surface area contributed by atoms with Crippen molar-refractivity contribution in [2.75, 3.05) is 7.05 Å². The molecule has 1 amide bonds. The van der Waals surface area contributed by atoms with Gasteiger partial charge in [-0.1, -0.05) is 0 Å². The van der Waals surface area contributed by atoms with E-state index in [0.717, 1.165) is 0 Å². The Morgan fingerprint density at radius 3 is 2.31 bits per heavy atom. The summed E-state index contributed by atoms with van der Waals surface area (Å²) in [5.41, 5.74) is 0. The van der Waals surface area contributed by atoms with Gasteiger partial charge in [0.25, 0.3) is 0 Å². The lowest BCUT2D eigenvalue weighted by Crippen LogP contribution is -2.37. The van der Waals surface area contributed by atoms with Crippen molar-refractivity contribution in [3.63, 3.8) is 0 Å². The highest BCUT2D eigenvalue weighted by atomic mass is 16.6. The van der Waals surface area contributed by atoms with Crippen molar-refractivity contribution in [2.45, 2.75) is 45.8 Å². The van der Waals surface area contributed by atoms with Crippen LogP contribution in [0.25, 0.3) is 0 Å². The minimum Gasteiger partial charge on any atom is -0.447 e. The minimum atomic E-state index is -0.200. The van der Waals surface area contributed by atoms with Crippen molar-refractivity contribution >= 4 is 6.09 Å². The van der Waals surface area contributed by atoms with Crippen LogP contribution in [0.2, 0.25) is 0 Å². The van der Waals surface area contributed by atoms with Crippen LogP contribution in [-0.2, 0) is 4.74 Å². The van der Waals surface area contributed by atoms with Crippen LogP contribution in [0.1, 0.15) is 33.6 Å². The van der Waals surface area contributed by atoms with Gasteiger partial charge >= 0.3 is 6.09 Å². The van der Waals surface area contributed by atoms with Gasteiger partial charge in [-0.15, -0.1) is 0 Å². The SMILES string of the molecule is CC(C)OC(=O)N(C)[C@H](C)C1CC1. The number of carbonyl (C=O) groups excluding carboxylic acids is 1. The van der Waals surface area contributed by atoms with Crippen molar-refractivity contribution in [2.24, 2.45) is 5.92 Å².